The average molecular weight is 351 g/mol. The van der Waals surface area contributed by atoms with E-state index in [1.54, 1.807) is 11.3 Å². The fraction of sp³-hybridized carbons (Fsp3) is 0.214. The van der Waals surface area contributed by atoms with Gasteiger partial charge in [0.2, 0.25) is 5.91 Å². The molecular weight excluding hydrogens is 338 g/mol. The maximum Gasteiger partial charge on any atom is 0.277 e. The molecule has 1 amide bonds. The average Bonchev–Trinajstić information content (AvgIpc) is 3.26. The number of amides is 1. The molecule has 0 unspecified atom stereocenters. The first-order valence-corrected chi connectivity index (χ1v) is 9.35. The van der Waals surface area contributed by atoms with E-state index in [-0.39, 0.29) is 11.7 Å². The van der Waals surface area contributed by atoms with Crippen LogP contribution in [0, 0.1) is 0 Å². The third-order valence-corrected chi connectivity index (χ3v) is 5.35. The Bertz CT molecular complexity index is 708. The Hall–Kier alpha value is -1.64. The van der Waals surface area contributed by atoms with E-state index in [1.807, 2.05) is 29.0 Å². The molecule has 0 bridgehead atoms. The van der Waals surface area contributed by atoms with E-state index < -0.39 is 0 Å². The standard InChI is InChI=1S/C14H13N3O2S3/c18-12(15-6-5-10-3-1-7-20-10)9-22-14-17-16-13(19-14)11-4-2-8-21-11/h1-4,7-8H,5-6,9H2,(H,15,18). The third-order valence-electron chi connectivity index (χ3n) is 2.74. The van der Waals surface area contributed by atoms with Crippen LogP contribution in [0.5, 0.6) is 0 Å². The van der Waals surface area contributed by atoms with Crippen molar-refractivity contribution in [2.45, 2.75) is 11.6 Å². The molecule has 0 aliphatic heterocycles. The summed E-state index contributed by atoms with van der Waals surface area (Å²) >= 11 is 4.49. The van der Waals surface area contributed by atoms with Gasteiger partial charge in [0, 0.05) is 11.4 Å². The number of hydrogen-bond acceptors (Lipinski definition) is 7. The highest BCUT2D eigenvalue weighted by Gasteiger charge is 2.11. The number of thioether (sulfide) groups is 1. The van der Waals surface area contributed by atoms with Crippen LogP contribution in [0.4, 0.5) is 0 Å². The predicted molar refractivity (Wildman–Crippen MR) is 89.4 cm³/mol. The van der Waals surface area contributed by atoms with Gasteiger partial charge in [0.05, 0.1) is 10.6 Å². The van der Waals surface area contributed by atoms with E-state index in [0.29, 0.717) is 17.7 Å². The predicted octanol–water partition coefficient (Wildman–Crippen LogP) is 3.31. The summed E-state index contributed by atoms with van der Waals surface area (Å²) in [7, 11) is 0. The maximum absolute atomic E-state index is 11.8. The molecule has 0 atom stereocenters. The van der Waals surface area contributed by atoms with Crippen LogP contribution in [0.15, 0.2) is 44.7 Å². The molecule has 0 fully saturated rings. The lowest BCUT2D eigenvalue weighted by Crippen LogP contribution is -2.27. The molecule has 0 aliphatic carbocycles. The molecule has 1 N–H and O–H groups in total. The summed E-state index contributed by atoms with van der Waals surface area (Å²) in [6.07, 6.45) is 0.858. The van der Waals surface area contributed by atoms with Crippen LogP contribution in [0.25, 0.3) is 10.8 Å². The molecule has 0 aromatic carbocycles. The van der Waals surface area contributed by atoms with Gasteiger partial charge in [-0.2, -0.15) is 0 Å². The number of nitrogens with one attached hydrogen (secondary N) is 1. The Labute approximate surface area is 139 Å². The van der Waals surface area contributed by atoms with Crippen molar-refractivity contribution >= 4 is 40.3 Å². The van der Waals surface area contributed by atoms with E-state index in [4.69, 9.17) is 4.42 Å². The van der Waals surface area contributed by atoms with Crippen LogP contribution < -0.4 is 5.32 Å². The normalized spacial score (nSPS) is 10.7. The van der Waals surface area contributed by atoms with Gasteiger partial charge in [-0.25, -0.2) is 0 Å². The van der Waals surface area contributed by atoms with Crippen molar-refractivity contribution in [2.24, 2.45) is 0 Å². The van der Waals surface area contributed by atoms with Crippen molar-refractivity contribution in [2.75, 3.05) is 12.3 Å². The van der Waals surface area contributed by atoms with Gasteiger partial charge >= 0.3 is 0 Å². The zero-order chi connectivity index (χ0) is 15.2. The largest absolute Gasteiger partial charge is 0.410 e. The number of aromatic nitrogens is 2. The molecule has 3 heterocycles. The Morgan fingerprint density at radius 1 is 1.23 bits per heavy atom. The summed E-state index contributed by atoms with van der Waals surface area (Å²) < 4.78 is 5.51. The molecule has 8 heteroatoms. The van der Waals surface area contributed by atoms with Crippen molar-refractivity contribution in [3.05, 3.63) is 39.9 Å². The van der Waals surface area contributed by atoms with Gasteiger partial charge in [-0.15, -0.1) is 32.9 Å². The van der Waals surface area contributed by atoms with Crippen LogP contribution in [0.2, 0.25) is 0 Å². The number of hydrogen-bond donors (Lipinski definition) is 1. The molecule has 0 aliphatic rings. The summed E-state index contributed by atoms with van der Waals surface area (Å²) in [5.74, 6) is 0.740. The first-order chi connectivity index (χ1) is 10.8. The lowest BCUT2D eigenvalue weighted by atomic mass is 10.3. The zero-order valence-electron chi connectivity index (χ0n) is 11.5. The van der Waals surface area contributed by atoms with Gasteiger partial charge in [-0.05, 0) is 29.3 Å². The Balaban J connectivity index is 1.41. The molecule has 3 aromatic heterocycles. The monoisotopic (exact) mass is 351 g/mol. The number of thiophene rings is 2. The zero-order valence-corrected chi connectivity index (χ0v) is 14.0. The minimum atomic E-state index is -0.0302. The highest BCUT2D eigenvalue weighted by Crippen LogP contribution is 2.26. The van der Waals surface area contributed by atoms with E-state index in [1.165, 1.54) is 28.0 Å². The first-order valence-electron chi connectivity index (χ1n) is 6.60. The second-order valence-electron chi connectivity index (χ2n) is 4.32. The van der Waals surface area contributed by atoms with Crippen molar-refractivity contribution in [1.82, 2.24) is 15.5 Å². The summed E-state index contributed by atoms with van der Waals surface area (Å²) in [4.78, 5) is 14.0. The molecule has 0 saturated carbocycles. The van der Waals surface area contributed by atoms with Gasteiger partial charge in [0.15, 0.2) is 0 Å². The second kappa shape index (κ2) is 7.57. The van der Waals surface area contributed by atoms with Gasteiger partial charge in [0.25, 0.3) is 11.1 Å². The molecule has 0 spiro atoms. The first kappa shape index (κ1) is 15.3. The SMILES string of the molecule is O=C(CSc1nnc(-c2cccs2)o1)NCCc1cccs1. The van der Waals surface area contributed by atoms with Crippen molar-refractivity contribution in [3.63, 3.8) is 0 Å². The molecule has 22 heavy (non-hydrogen) atoms. The van der Waals surface area contributed by atoms with Crippen LogP contribution in [-0.4, -0.2) is 28.4 Å². The Morgan fingerprint density at radius 2 is 2.09 bits per heavy atom. The minimum absolute atomic E-state index is 0.0302. The van der Waals surface area contributed by atoms with Gasteiger partial charge in [-0.3, -0.25) is 4.79 Å². The summed E-state index contributed by atoms with van der Waals surface area (Å²) in [5, 5.41) is 15.2. The topological polar surface area (TPSA) is 68.0 Å². The highest BCUT2D eigenvalue weighted by molar-refractivity contribution is 7.99. The van der Waals surface area contributed by atoms with Crippen LogP contribution >= 0.6 is 34.4 Å². The summed E-state index contributed by atoms with van der Waals surface area (Å²) in [5.41, 5.74) is 0. The number of carbonyl (C=O) groups is 1. The van der Waals surface area contributed by atoms with Crippen molar-refractivity contribution in [1.29, 1.82) is 0 Å². The molecule has 3 aromatic rings. The fourth-order valence-electron chi connectivity index (χ4n) is 1.73. The lowest BCUT2D eigenvalue weighted by molar-refractivity contribution is -0.118. The Kier molecular flexibility index (Phi) is 5.25. The molecule has 5 nitrogen and oxygen atoms in total. The van der Waals surface area contributed by atoms with Crippen LogP contribution in [0.1, 0.15) is 4.88 Å². The number of nitrogens with zero attached hydrogens (tertiary/aromatic N) is 2. The van der Waals surface area contributed by atoms with E-state index in [0.717, 1.165) is 11.3 Å². The molecular formula is C14H13N3O2S3. The Morgan fingerprint density at radius 3 is 2.86 bits per heavy atom. The van der Waals surface area contributed by atoms with Crippen LogP contribution in [-0.2, 0) is 11.2 Å². The third kappa shape index (κ3) is 4.19. The molecule has 3 rings (SSSR count). The van der Waals surface area contributed by atoms with E-state index in [9.17, 15) is 4.79 Å². The summed E-state index contributed by atoms with van der Waals surface area (Å²) in [6, 6.07) is 7.93. The number of rotatable bonds is 7. The molecule has 0 saturated heterocycles. The second-order valence-corrected chi connectivity index (χ2v) is 7.22. The quantitative estimate of drug-likeness (QED) is 0.662. The lowest BCUT2D eigenvalue weighted by Gasteiger charge is -2.02. The van der Waals surface area contributed by atoms with Crippen molar-refractivity contribution < 1.29 is 9.21 Å². The van der Waals surface area contributed by atoms with E-state index in [2.05, 4.69) is 21.6 Å². The summed E-state index contributed by atoms with van der Waals surface area (Å²) in [6.45, 7) is 0.643. The van der Waals surface area contributed by atoms with Gasteiger partial charge in [-0.1, -0.05) is 23.9 Å². The smallest absolute Gasteiger partial charge is 0.277 e. The maximum atomic E-state index is 11.8. The van der Waals surface area contributed by atoms with Gasteiger partial charge in [0.1, 0.15) is 0 Å². The highest BCUT2D eigenvalue weighted by atomic mass is 32.2. The molecule has 114 valence electrons. The number of carbonyl (C=O) groups excluding carboxylic acids is 1. The fourth-order valence-corrected chi connectivity index (χ4v) is 3.67. The minimum Gasteiger partial charge on any atom is -0.410 e. The van der Waals surface area contributed by atoms with E-state index >= 15 is 0 Å². The van der Waals surface area contributed by atoms with Crippen LogP contribution in [0.3, 0.4) is 0 Å². The van der Waals surface area contributed by atoms with Crippen molar-refractivity contribution in [3.8, 4) is 10.8 Å². The molecule has 0 radical (unpaired) electrons. The van der Waals surface area contributed by atoms with Gasteiger partial charge < -0.3 is 9.73 Å².